The molecule has 1 N–H and O–H groups in total. The molecular weight excluding hydrogens is 230 g/mol. The van der Waals surface area contributed by atoms with Crippen LogP contribution in [0.2, 0.25) is 0 Å². The van der Waals surface area contributed by atoms with Gasteiger partial charge in [-0.05, 0) is 19.3 Å². The van der Waals surface area contributed by atoms with Gasteiger partial charge >= 0.3 is 11.8 Å². The zero-order valence-corrected chi connectivity index (χ0v) is 11.9. The summed E-state index contributed by atoms with van der Waals surface area (Å²) in [7, 11) is 1.72. The van der Waals surface area contributed by atoms with Crippen molar-refractivity contribution in [2.75, 3.05) is 33.2 Å². The zero-order chi connectivity index (χ0) is 13.7. The van der Waals surface area contributed by atoms with Gasteiger partial charge in [-0.25, -0.2) is 0 Å². The molecule has 1 fully saturated rings. The van der Waals surface area contributed by atoms with Crippen LogP contribution in [0, 0.1) is 5.92 Å². The van der Waals surface area contributed by atoms with Gasteiger partial charge in [0.15, 0.2) is 0 Å². The van der Waals surface area contributed by atoms with Crippen molar-refractivity contribution in [1.82, 2.24) is 15.1 Å². The van der Waals surface area contributed by atoms with Gasteiger partial charge in [0.25, 0.3) is 0 Å². The van der Waals surface area contributed by atoms with Crippen molar-refractivity contribution in [3.63, 3.8) is 0 Å². The number of likely N-dealkylation sites (N-methyl/N-ethyl adjacent to an activating group) is 1. The van der Waals surface area contributed by atoms with Gasteiger partial charge in [0.1, 0.15) is 0 Å². The highest BCUT2D eigenvalue weighted by Crippen LogP contribution is 2.10. The highest BCUT2D eigenvalue weighted by Gasteiger charge is 2.28. The number of carbonyl (C=O) groups excluding carboxylic acids is 2. The Morgan fingerprint density at radius 1 is 1.22 bits per heavy atom. The predicted molar refractivity (Wildman–Crippen MR) is 71.1 cm³/mol. The van der Waals surface area contributed by atoms with E-state index in [0.717, 1.165) is 19.5 Å². The number of hydrogen-bond acceptors (Lipinski definition) is 3. The zero-order valence-electron chi connectivity index (χ0n) is 11.9. The van der Waals surface area contributed by atoms with Crippen molar-refractivity contribution in [2.45, 2.75) is 33.2 Å². The first-order chi connectivity index (χ1) is 8.43. The largest absolute Gasteiger partial charge is 0.335 e. The van der Waals surface area contributed by atoms with Gasteiger partial charge in [-0.2, -0.15) is 0 Å². The Balaban J connectivity index is 2.53. The first-order valence-corrected chi connectivity index (χ1v) is 6.70. The minimum atomic E-state index is -0.384. The molecule has 1 atom stereocenters. The number of piperazine rings is 1. The van der Waals surface area contributed by atoms with Crippen molar-refractivity contribution in [3.05, 3.63) is 0 Å². The van der Waals surface area contributed by atoms with Gasteiger partial charge < -0.3 is 15.1 Å². The van der Waals surface area contributed by atoms with E-state index < -0.39 is 0 Å². The number of carbonyl (C=O) groups is 2. The van der Waals surface area contributed by atoms with Gasteiger partial charge in [0, 0.05) is 39.3 Å². The number of nitrogens with zero attached hydrogens (tertiary/aromatic N) is 2. The van der Waals surface area contributed by atoms with Crippen molar-refractivity contribution >= 4 is 11.8 Å². The standard InChI is InChI=1S/C13H25N3O2/c1-10(2)9-11(3)15(4)12(17)13(18)16-7-5-14-6-8-16/h10-11,14H,5-9H2,1-4H3. The fourth-order valence-corrected chi connectivity index (χ4v) is 2.19. The second kappa shape index (κ2) is 6.73. The Hall–Kier alpha value is -1.10. The van der Waals surface area contributed by atoms with Gasteiger partial charge in [0.2, 0.25) is 0 Å². The molecule has 1 aliphatic rings. The lowest BCUT2D eigenvalue weighted by atomic mass is 10.0. The third-order valence-electron chi connectivity index (χ3n) is 3.38. The maximum absolute atomic E-state index is 12.1. The van der Waals surface area contributed by atoms with Crippen LogP contribution in [-0.4, -0.2) is 60.9 Å². The van der Waals surface area contributed by atoms with Crippen LogP contribution in [0.3, 0.4) is 0 Å². The summed E-state index contributed by atoms with van der Waals surface area (Å²) in [6, 6.07) is 0.101. The predicted octanol–water partition coefficient (Wildman–Crippen LogP) is 0.311. The molecule has 104 valence electrons. The number of hydrogen-bond donors (Lipinski definition) is 1. The molecule has 0 radical (unpaired) electrons. The molecule has 1 unspecified atom stereocenters. The minimum Gasteiger partial charge on any atom is -0.335 e. The molecular formula is C13H25N3O2. The number of amides is 2. The summed E-state index contributed by atoms with van der Waals surface area (Å²) in [5, 5.41) is 3.17. The lowest BCUT2D eigenvalue weighted by Crippen LogP contribution is -2.52. The molecule has 5 nitrogen and oxygen atoms in total. The van der Waals surface area contributed by atoms with Crippen LogP contribution in [0.4, 0.5) is 0 Å². The Bertz CT molecular complexity index is 299. The maximum Gasteiger partial charge on any atom is 0.312 e. The van der Waals surface area contributed by atoms with Gasteiger partial charge in [-0.3, -0.25) is 9.59 Å². The smallest absolute Gasteiger partial charge is 0.312 e. The third kappa shape index (κ3) is 3.98. The summed E-state index contributed by atoms with van der Waals surface area (Å²) in [6.45, 7) is 9.01. The van der Waals surface area contributed by atoms with Crippen molar-refractivity contribution in [2.24, 2.45) is 5.92 Å². The summed E-state index contributed by atoms with van der Waals surface area (Å²) in [5.74, 6) is -0.232. The van der Waals surface area contributed by atoms with E-state index in [0.29, 0.717) is 19.0 Å². The Labute approximate surface area is 110 Å². The van der Waals surface area contributed by atoms with Crippen LogP contribution in [0.1, 0.15) is 27.2 Å². The van der Waals surface area contributed by atoms with E-state index in [2.05, 4.69) is 19.2 Å². The van der Waals surface area contributed by atoms with Gasteiger partial charge in [-0.15, -0.1) is 0 Å². The quantitative estimate of drug-likeness (QED) is 0.739. The molecule has 0 spiro atoms. The van der Waals surface area contributed by atoms with Crippen LogP contribution < -0.4 is 5.32 Å². The van der Waals surface area contributed by atoms with Crippen LogP contribution in [0.5, 0.6) is 0 Å². The van der Waals surface area contributed by atoms with E-state index in [4.69, 9.17) is 0 Å². The lowest BCUT2D eigenvalue weighted by Gasteiger charge is -2.31. The highest BCUT2D eigenvalue weighted by atomic mass is 16.2. The van der Waals surface area contributed by atoms with Crippen LogP contribution in [0.15, 0.2) is 0 Å². The fourth-order valence-electron chi connectivity index (χ4n) is 2.19. The maximum atomic E-state index is 12.1. The first kappa shape index (κ1) is 15.0. The SMILES string of the molecule is CC(C)CC(C)N(C)C(=O)C(=O)N1CCNCC1. The first-order valence-electron chi connectivity index (χ1n) is 6.70. The monoisotopic (exact) mass is 255 g/mol. The summed E-state index contributed by atoms with van der Waals surface area (Å²) in [4.78, 5) is 27.3. The van der Waals surface area contributed by atoms with Crippen molar-refractivity contribution < 1.29 is 9.59 Å². The average molecular weight is 255 g/mol. The molecule has 1 heterocycles. The molecule has 0 aromatic heterocycles. The Kier molecular flexibility index (Phi) is 5.59. The lowest BCUT2D eigenvalue weighted by molar-refractivity contribution is -0.152. The molecule has 18 heavy (non-hydrogen) atoms. The Morgan fingerprint density at radius 3 is 2.28 bits per heavy atom. The number of rotatable bonds is 3. The van der Waals surface area contributed by atoms with Gasteiger partial charge in [-0.1, -0.05) is 13.8 Å². The molecule has 0 aromatic carbocycles. The van der Waals surface area contributed by atoms with Gasteiger partial charge in [0.05, 0.1) is 0 Å². The van der Waals surface area contributed by atoms with E-state index in [1.807, 2.05) is 6.92 Å². The second-order valence-electron chi connectivity index (χ2n) is 5.44. The van der Waals surface area contributed by atoms with Crippen LogP contribution in [0.25, 0.3) is 0 Å². The molecule has 0 saturated carbocycles. The summed E-state index contributed by atoms with van der Waals surface area (Å²) >= 11 is 0. The summed E-state index contributed by atoms with van der Waals surface area (Å²) < 4.78 is 0. The fraction of sp³-hybridized carbons (Fsp3) is 0.846. The summed E-state index contributed by atoms with van der Waals surface area (Å²) in [6.07, 6.45) is 0.914. The Morgan fingerprint density at radius 2 is 1.78 bits per heavy atom. The van der Waals surface area contributed by atoms with E-state index in [1.165, 1.54) is 0 Å². The molecule has 2 amide bonds. The molecule has 0 aromatic rings. The summed E-state index contributed by atoms with van der Waals surface area (Å²) in [5.41, 5.74) is 0. The van der Waals surface area contributed by atoms with Crippen LogP contribution in [-0.2, 0) is 9.59 Å². The molecule has 0 aliphatic carbocycles. The highest BCUT2D eigenvalue weighted by molar-refractivity contribution is 6.34. The molecule has 1 rings (SSSR count). The average Bonchev–Trinajstić information content (AvgIpc) is 2.36. The van der Waals surface area contributed by atoms with Crippen LogP contribution >= 0.6 is 0 Å². The van der Waals surface area contributed by atoms with E-state index in [-0.39, 0.29) is 17.9 Å². The van der Waals surface area contributed by atoms with E-state index in [1.54, 1.807) is 16.8 Å². The normalized spacial score (nSPS) is 17.7. The van der Waals surface area contributed by atoms with E-state index in [9.17, 15) is 9.59 Å². The molecule has 1 aliphatic heterocycles. The van der Waals surface area contributed by atoms with E-state index >= 15 is 0 Å². The molecule has 5 heteroatoms. The molecule has 1 saturated heterocycles. The van der Waals surface area contributed by atoms with Crippen molar-refractivity contribution in [1.29, 1.82) is 0 Å². The second-order valence-corrected chi connectivity index (χ2v) is 5.44. The van der Waals surface area contributed by atoms with Crippen molar-refractivity contribution in [3.8, 4) is 0 Å². The minimum absolute atomic E-state index is 0.101. The molecule has 0 bridgehead atoms. The third-order valence-corrected chi connectivity index (χ3v) is 3.38. The topological polar surface area (TPSA) is 52.7 Å². The number of nitrogens with one attached hydrogen (secondary N) is 1.